The zero-order chi connectivity index (χ0) is 12.4. The molecule has 2 rings (SSSR count). The lowest BCUT2D eigenvalue weighted by atomic mass is 10.1. The number of amides is 1. The smallest absolute Gasteiger partial charge is 0.255 e. The molecule has 0 saturated carbocycles. The Balaban J connectivity index is 2.30. The van der Waals surface area contributed by atoms with E-state index in [1.165, 1.54) is 0 Å². The van der Waals surface area contributed by atoms with Gasteiger partial charge in [-0.2, -0.15) is 0 Å². The Morgan fingerprint density at radius 3 is 2.82 bits per heavy atom. The Bertz CT molecular complexity index is 535. The standard InChI is InChI=1S/C12H15N3OS/c1-15(2)14-12(16)11(13)9-7-17-10-6-4-3-5-8(9)10/h3-7,11H,13H2,1-2H3,(H,14,16). The van der Waals surface area contributed by atoms with Gasteiger partial charge < -0.3 is 5.73 Å². The topological polar surface area (TPSA) is 58.4 Å². The van der Waals surface area contributed by atoms with Gasteiger partial charge in [0.25, 0.3) is 5.91 Å². The molecule has 0 radical (unpaired) electrons. The van der Waals surface area contributed by atoms with Crippen LogP contribution in [-0.4, -0.2) is 25.0 Å². The van der Waals surface area contributed by atoms with Crippen LogP contribution in [0.4, 0.5) is 0 Å². The zero-order valence-corrected chi connectivity index (χ0v) is 10.6. The third-order valence-electron chi connectivity index (χ3n) is 2.46. The van der Waals surface area contributed by atoms with Crippen molar-refractivity contribution >= 4 is 27.3 Å². The highest BCUT2D eigenvalue weighted by molar-refractivity contribution is 7.17. The van der Waals surface area contributed by atoms with Gasteiger partial charge in [0.2, 0.25) is 0 Å². The molecule has 0 aliphatic heterocycles. The van der Waals surface area contributed by atoms with Crippen LogP contribution in [0.5, 0.6) is 0 Å². The molecule has 4 nitrogen and oxygen atoms in total. The summed E-state index contributed by atoms with van der Waals surface area (Å²) in [6, 6.07) is 7.32. The van der Waals surface area contributed by atoms with Crippen LogP contribution in [0.25, 0.3) is 10.1 Å². The zero-order valence-electron chi connectivity index (χ0n) is 9.81. The van der Waals surface area contributed by atoms with E-state index >= 15 is 0 Å². The van der Waals surface area contributed by atoms with E-state index in [-0.39, 0.29) is 5.91 Å². The van der Waals surface area contributed by atoms with Crippen molar-refractivity contribution in [3.8, 4) is 0 Å². The van der Waals surface area contributed by atoms with E-state index in [0.29, 0.717) is 0 Å². The number of carbonyl (C=O) groups excluding carboxylic acids is 1. The lowest BCUT2D eigenvalue weighted by Gasteiger charge is -2.16. The molecule has 0 aliphatic rings. The number of thiophene rings is 1. The summed E-state index contributed by atoms with van der Waals surface area (Å²) >= 11 is 1.60. The number of nitrogens with two attached hydrogens (primary N) is 1. The highest BCUT2D eigenvalue weighted by atomic mass is 32.1. The Morgan fingerprint density at radius 2 is 2.12 bits per heavy atom. The van der Waals surface area contributed by atoms with Crippen LogP contribution in [0, 0.1) is 0 Å². The normalized spacial score (nSPS) is 12.9. The van der Waals surface area contributed by atoms with Crippen LogP contribution in [0.1, 0.15) is 11.6 Å². The van der Waals surface area contributed by atoms with Crippen molar-refractivity contribution in [3.05, 3.63) is 35.2 Å². The Kier molecular flexibility index (Phi) is 3.42. The number of hydrazine groups is 1. The molecule has 0 fully saturated rings. The van der Waals surface area contributed by atoms with Gasteiger partial charge >= 0.3 is 0 Å². The lowest BCUT2D eigenvalue weighted by Crippen LogP contribution is -2.41. The largest absolute Gasteiger partial charge is 0.316 e. The molecular weight excluding hydrogens is 234 g/mol. The first kappa shape index (κ1) is 12.0. The number of nitrogens with zero attached hydrogens (tertiary/aromatic N) is 1. The van der Waals surface area contributed by atoms with Crippen molar-refractivity contribution < 1.29 is 4.79 Å². The maximum absolute atomic E-state index is 11.8. The van der Waals surface area contributed by atoms with E-state index in [0.717, 1.165) is 15.6 Å². The molecule has 1 aromatic heterocycles. The number of carbonyl (C=O) groups is 1. The van der Waals surface area contributed by atoms with Crippen LogP contribution < -0.4 is 11.2 Å². The van der Waals surface area contributed by atoms with Gasteiger partial charge in [-0.3, -0.25) is 10.2 Å². The summed E-state index contributed by atoms with van der Waals surface area (Å²) in [5.74, 6) is -0.196. The summed E-state index contributed by atoms with van der Waals surface area (Å²) in [6.07, 6.45) is 0. The Labute approximate surface area is 104 Å². The van der Waals surface area contributed by atoms with Crippen molar-refractivity contribution in [2.24, 2.45) is 5.73 Å². The van der Waals surface area contributed by atoms with Gasteiger partial charge in [0.1, 0.15) is 6.04 Å². The quantitative estimate of drug-likeness (QED) is 0.810. The van der Waals surface area contributed by atoms with E-state index in [1.54, 1.807) is 30.4 Å². The lowest BCUT2D eigenvalue weighted by molar-refractivity contribution is -0.126. The molecule has 2 aromatic rings. The summed E-state index contributed by atoms with van der Waals surface area (Å²) in [6.45, 7) is 0. The van der Waals surface area contributed by atoms with Gasteiger partial charge in [-0.15, -0.1) is 11.3 Å². The maximum atomic E-state index is 11.8. The van der Waals surface area contributed by atoms with Crippen LogP contribution in [0.15, 0.2) is 29.6 Å². The minimum atomic E-state index is -0.631. The number of fused-ring (bicyclic) bond motifs is 1. The predicted octanol–water partition coefficient (Wildman–Crippen LogP) is 1.49. The fourth-order valence-corrected chi connectivity index (χ4v) is 2.67. The first-order valence-electron chi connectivity index (χ1n) is 5.29. The number of benzene rings is 1. The average Bonchev–Trinajstić information content (AvgIpc) is 2.70. The molecule has 1 heterocycles. The number of rotatable bonds is 3. The summed E-state index contributed by atoms with van der Waals surface area (Å²) in [7, 11) is 3.52. The number of nitrogens with one attached hydrogen (secondary N) is 1. The van der Waals surface area contributed by atoms with Crippen LogP contribution in [0.3, 0.4) is 0 Å². The second kappa shape index (κ2) is 4.83. The van der Waals surface area contributed by atoms with Crippen LogP contribution in [-0.2, 0) is 4.79 Å². The van der Waals surface area contributed by atoms with Crippen molar-refractivity contribution in [2.75, 3.05) is 14.1 Å². The summed E-state index contributed by atoms with van der Waals surface area (Å²) in [5, 5.41) is 4.60. The molecule has 0 aliphatic carbocycles. The molecule has 1 aromatic carbocycles. The second-order valence-electron chi connectivity index (χ2n) is 4.04. The number of hydrogen-bond acceptors (Lipinski definition) is 4. The molecule has 1 unspecified atom stereocenters. The first-order valence-corrected chi connectivity index (χ1v) is 6.17. The average molecular weight is 249 g/mol. The van der Waals surface area contributed by atoms with Gasteiger partial charge in [-0.25, -0.2) is 5.01 Å². The van der Waals surface area contributed by atoms with Crippen molar-refractivity contribution in [1.29, 1.82) is 0 Å². The second-order valence-corrected chi connectivity index (χ2v) is 4.95. The molecule has 5 heteroatoms. The Hall–Kier alpha value is -1.43. The first-order chi connectivity index (χ1) is 8.09. The molecule has 1 atom stereocenters. The van der Waals surface area contributed by atoms with E-state index in [1.807, 2.05) is 29.6 Å². The fourth-order valence-electron chi connectivity index (χ4n) is 1.67. The molecule has 0 saturated heterocycles. The highest BCUT2D eigenvalue weighted by Crippen LogP contribution is 2.29. The molecule has 1 amide bonds. The number of hydrogen-bond donors (Lipinski definition) is 2. The van der Waals surface area contributed by atoms with Crippen molar-refractivity contribution in [2.45, 2.75) is 6.04 Å². The predicted molar refractivity (Wildman–Crippen MR) is 70.6 cm³/mol. The summed E-state index contributed by atoms with van der Waals surface area (Å²) in [4.78, 5) is 11.8. The molecule has 17 heavy (non-hydrogen) atoms. The van der Waals surface area contributed by atoms with Crippen molar-refractivity contribution in [1.82, 2.24) is 10.4 Å². The molecule has 3 N–H and O–H groups in total. The summed E-state index contributed by atoms with van der Waals surface area (Å²) < 4.78 is 1.15. The third-order valence-corrected chi connectivity index (χ3v) is 3.44. The van der Waals surface area contributed by atoms with E-state index < -0.39 is 6.04 Å². The van der Waals surface area contributed by atoms with Gasteiger partial charge in [-0.1, -0.05) is 18.2 Å². The van der Waals surface area contributed by atoms with Gasteiger partial charge in [-0.05, 0) is 22.4 Å². The minimum Gasteiger partial charge on any atom is -0.316 e. The monoisotopic (exact) mass is 249 g/mol. The highest BCUT2D eigenvalue weighted by Gasteiger charge is 2.19. The van der Waals surface area contributed by atoms with E-state index in [9.17, 15) is 4.79 Å². The van der Waals surface area contributed by atoms with Crippen LogP contribution in [0.2, 0.25) is 0 Å². The van der Waals surface area contributed by atoms with Gasteiger partial charge in [0, 0.05) is 18.8 Å². The Morgan fingerprint density at radius 1 is 1.41 bits per heavy atom. The SMILES string of the molecule is CN(C)NC(=O)C(N)c1csc2ccccc12. The molecule has 90 valence electrons. The minimum absolute atomic E-state index is 0.196. The van der Waals surface area contributed by atoms with Gasteiger partial charge in [0.05, 0.1) is 0 Å². The van der Waals surface area contributed by atoms with E-state index in [2.05, 4.69) is 5.43 Å². The third kappa shape index (κ3) is 2.46. The molecule has 0 spiro atoms. The van der Waals surface area contributed by atoms with E-state index in [4.69, 9.17) is 5.73 Å². The summed E-state index contributed by atoms with van der Waals surface area (Å²) in [5.41, 5.74) is 9.51. The molecular formula is C12H15N3OS. The van der Waals surface area contributed by atoms with Crippen LogP contribution >= 0.6 is 11.3 Å². The van der Waals surface area contributed by atoms with Crippen molar-refractivity contribution in [3.63, 3.8) is 0 Å². The fraction of sp³-hybridized carbons (Fsp3) is 0.250. The maximum Gasteiger partial charge on any atom is 0.255 e. The van der Waals surface area contributed by atoms with Gasteiger partial charge in [0.15, 0.2) is 0 Å². The molecule has 0 bridgehead atoms.